The van der Waals surface area contributed by atoms with Crippen molar-refractivity contribution >= 4 is 5.96 Å². The Kier molecular flexibility index (Phi) is 8.02. The number of methoxy groups -OCH3 is 1. The summed E-state index contributed by atoms with van der Waals surface area (Å²) in [6, 6.07) is 8.40. The summed E-state index contributed by atoms with van der Waals surface area (Å²) in [6.07, 6.45) is 7.95. The predicted molar refractivity (Wildman–Crippen MR) is 116 cm³/mol. The number of halogens is 1. The van der Waals surface area contributed by atoms with Crippen LogP contribution in [0.2, 0.25) is 0 Å². The molecule has 0 aliphatic heterocycles. The standard InChI is InChI=1S/C23H31FN4O2/c1-3-26-22(28-17-23(9-5-10-23)11-13-29-2)27-15-18-7-8-21(20(24)14-18)30-19-6-4-12-25-16-19/h4,6-8,12,14,16H,3,5,9-11,13,15,17H2,1-2H3,(H2,26,27,28). The van der Waals surface area contributed by atoms with E-state index in [-0.39, 0.29) is 5.75 Å². The van der Waals surface area contributed by atoms with Gasteiger partial charge in [0.15, 0.2) is 17.5 Å². The number of hydrogen-bond donors (Lipinski definition) is 2. The zero-order valence-corrected chi connectivity index (χ0v) is 17.8. The second-order valence-corrected chi connectivity index (χ2v) is 7.70. The van der Waals surface area contributed by atoms with Crippen LogP contribution >= 0.6 is 0 Å². The normalized spacial score (nSPS) is 15.4. The van der Waals surface area contributed by atoms with Crippen molar-refractivity contribution in [3.63, 3.8) is 0 Å². The molecule has 1 heterocycles. The molecule has 1 saturated carbocycles. The zero-order valence-electron chi connectivity index (χ0n) is 17.8. The molecule has 7 heteroatoms. The van der Waals surface area contributed by atoms with Gasteiger partial charge in [-0.25, -0.2) is 9.38 Å². The number of ether oxygens (including phenoxy) is 2. The molecule has 1 aliphatic rings. The topological polar surface area (TPSA) is 67.8 Å². The minimum atomic E-state index is -0.419. The Morgan fingerprint density at radius 2 is 2.13 bits per heavy atom. The van der Waals surface area contributed by atoms with Crippen LogP contribution in [0, 0.1) is 11.2 Å². The van der Waals surface area contributed by atoms with Gasteiger partial charge in [0.1, 0.15) is 5.75 Å². The van der Waals surface area contributed by atoms with E-state index in [1.807, 2.05) is 13.0 Å². The molecule has 0 saturated heterocycles. The van der Waals surface area contributed by atoms with Crippen LogP contribution in [0.5, 0.6) is 11.5 Å². The first-order chi connectivity index (χ1) is 14.6. The van der Waals surface area contributed by atoms with Gasteiger partial charge in [-0.2, -0.15) is 0 Å². The quantitative estimate of drug-likeness (QED) is 0.449. The second kappa shape index (κ2) is 10.9. The number of aliphatic imine (C=N–C) groups is 1. The Bertz CT molecular complexity index is 825. The summed E-state index contributed by atoms with van der Waals surface area (Å²) in [5.74, 6) is 1.000. The van der Waals surface area contributed by atoms with E-state index in [0.717, 1.165) is 37.6 Å². The van der Waals surface area contributed by atoms with Crippen LogP contribution < -0.4 is 15.4 Å². The Morgan fingerprint density at radius 3 is 2.77 bits per heavy atom. The summed E-state index contributed by atoms with van der Waals surface area (Å²) in [5.41, 5.74) is 1.07. The van der Waals surface area contributed by atoms with Gasteiger partial charge in [0.2, 0.25) is 0 Å². The Morgan fingerprint density at radius 1 is 1.27 bits per heavy atom. The monoisotopic (exact) mass is 414 g/mol. The molecule has 1 aliphatic carbocycles. The fourth-order valence-corrected chi connectivity index (χ4v) is 3.55. The van der Waals surface area contributed by atoms with Crippen LogP contribution in [0.25, 0.3) is 0 Å². The lowest BCUT2D eigenvalue weighted by Gasteiger charge is -2.42. The molecule has 0 bridgehead atoms. The first-order valence-corrected chi connectivity index (χ1v) is 10.5. The summed E-state index contributed by atoms with van der Waals surface area (Å²) < 4.78 is 25.3. The van der Waals surface area contributed by atoms with Gasteiger partial charge < -0.3 is 20.1 Å². The summed E-state index contributed by atoms with van der Waals surface area (Å²) >= 11 is 0. The highest BCUT2D eigenvalue weighted by Crippen LogP contribution is 2.43. The number of guanidine groups is 1. The van der Waals surface area contributed by atoms with Gasteiger partial charge in [-0.15, -0.1) is 0 Å². The van der Waals surface area contributed by atoms with E-state index >= 15 is 0 Å². The summed E-state index contributed by atoms with van der Waals surface area (Å²) in [4.78, 5) is 8.60. The average Bonchev–Trinajstić information content (AvgIpc) is 2.73. The predicted octanol–water partition coefficient (Wildman–Crippen LogP) is 4.27. The molecule has 1 aromatic heterocycles. The molecular weight excluding hydrogens is 383 g/mol. The van der Waals surface area contributed by atoms with Crippen LogP contribution in [0.15, 0.2) is 47.7 Å². The molecule has 2 aromatic rings. The van der Waals surface area contributed by atoms with E-state index in [2.05, 4.69) is 20.6 Å². The number of benzene rings is 1. The van der Waals surface area contributed by atoms with Crippen LogP contribution in [-0.4, -0.2) is 37.7 Å². The molecular formula is C23H31FN4O2. The Balaban J connectivity index is 1.59. The van der Waals surface area contributed by atoms with Gasteiger partial charge in [0.25, 0.3) is 0 Å². The maximum absolute atomic E-state index is 14.4. The van der Waals surface area contributed by atoms with E-state index in [0.29, 0.717) is 17.7 Å². The van der Waals surface area contributed by atoms with Gasteiger partial charge >= 0.3 is 0 Å². The number of nitrogens with one attached hydrogen (secondary N) is 2. The molecule has 1 fully saturated rings. The molecule has 30 heavy (non-hydrogen) atoms. The van der Waals surface area contributed by atoms with Crippen LogP contribution in [0.4, 0.5) is 4.39 Å². The largest absolute Gasteiger partial charge is 0.453 e. The van der Waals surface area contributed by atoms with Crippen LogP contribution in [0.3, 0.4) is 0 Å². The lowest BCUT2D eigenvalue weighted by atomic mass is 9.67. The summed E-state index contributed by atoms with van der Waals surface area (Å²) in [5, 5.41) is 6.73. The van der Waals surface area contributed by atoms with Crippen LogP contribution in [0.1, 0.15) is 38.2 Å². The van der Waals surface area contributed by atoms with Crippen molar-refractivity contribution in [1.82, 2.24) is 15.6 Å². The van der Waals surface area contributed by atoms with E-state index in [1.165, 1.54) is 25.3 Å². The molecule has 0 unspecified atom stereocenters. The van der Waals surface area contributed by atoms with E-state index in [4.69, 9.17) is 9.47 Å². The van der Waals surface area contributed by atoms with Gasteiger partial charge in [-0.1, -0.05) is 12.5 Å². The fraction of sp³-hybridized carbons (Fsp3) is 0.478. The third-order valence-electron chi connectivity index (χ3n) is 5.50. The zero-order chi connectivity index (χ0) is 21.2. The summed E-state index contributed by atoms with van der Waals surface area (Å²) in [6.45, 7) is 4.83. The van der Waals surface area contributed by atoms with Crippen molar-refractivity contribution in [3.8, 4) is 11.5 Å². The second-order valence-electron chi connectivity index (χ2n) is 7.70. The summed E-state index contributed by atoms with van der Waals surface area (Å²) in [7, 11) is 1.75. The van der Waals surface area contributed by atoms with Crippen molar-refractivity contribution < 1.29 is 13.9 Å². The van der Waals surface area contributed by atoms with Gasteiger partial charge in [-0.3, -0.25) is 4.98 Å². The third-order valence-corrected chi connectivity index (χ3v) is 5.50. The lowest BCUT2D eigenvalue weighted by molar-refractivity contribution is 0.0732. The van der Waals surface area contributed by atoms with E-state index < -0.39 is 5.82 Å². The molecule has 0 radical (unpaired) electrons. The van der Waals surface area contributed by atoms with E-state index in [1.54, 1.807) is 37.7 Å². The minimum Gasteiger partial charge on any atom is -0.453 e. The van der Waals surface area contributed by atoms with Crippen molar-refractivity contribution in [1.29, 1.82) is 0 Å². The Hall–Kier alpha value is -2.67. The van der Waals surface area contributed by atoms with Crippen molar-refractivity contribution in [3.05, 3.63) is 54.1 Å². The highest BCUT2D eigenvalue weighted by Gasteiger charge is 2.36. The molecule has 162 valence electrons. The van der Waals surface area contributed by atoms with Gasteiger partial charge in [0.05, 0.1) is 12.7 Å². The molecule has 2 N–H and O–H groups in total. The van der Waals surface area contributed by atoms with Crippen molar-refractivity contribution in [2.45, 2.75) is 39.2 Å². The molecule has 1 aromatic carbocycles. The average molecular weight is 415 g/mol. The first-order valence-electron chi connectivity index (χ1n) is 10.5. The highest BCUT2D eigenvalue weighted by molar-refractivity contribution is 5.79. The smallest absolute Gasteiger partial charge is 0.191 e. The molecule has 0 atom stereocenters. The number of hydrogen-bond acceptors (Lipinski definition) is 4. The van der Waals surface area contributed by atoms with Gasteiger partial charge in [-0.05, 0) is 61.4 Å². The maximum Gasteiger partial charge on any atom is 0.191 e. The van der Waals surface area contributed by atoms with Crippen LogP contribution in [-0.2, 0) is 11.3 Å². The number of pyridine rings is 1. The minimum absolute atomic E-state index is 0.172. The lowest BCUT2D eigenvalue weighted by Crippen LogP contribution is -2.46. The first kappa shape index (κ1) is 22.0. The van der Waals surface area contributed by atoms with Crippen molar-refractivity contribution in [2.24, 2.45) is 10.4 Å². The van der Waals surface area contributed by atoms with E-state index in [9.17, 15) is 4.39 Å². The molecule has 0 amide bonds. The third kappa shape index (κ3) is 6.16. The fourth-order valence-electron chi connectivity index (χ4n) is 3.55. The molecule has 6 nitrogen and oxygen atoms in total. The molecule has 3 rings (SSSR count). The van der Waals surface area contributed by atoms with Crippen molar-refractivity contribution in [2.75, 3.05) is 26.8 Å². The number of rotatable bonds is 10. The SMILES string of the molecule is CCNC(=NCc1ccc(Oc2cccnc2)c(F)c1)NCC1(CCOC)CCC1. The van der Waals surface area contributed by atoms with Gasteiger partial charge in [0, 0.05) is 33.0 Å². The molecule has 0 spiro atoms. The Labute approximate surface area is 177 Å². The maximum atomic E-state index is 14.4. The highest BCUT2D eigenvalue weighted by atomic mass is 19.1. The number of nitrogens with zero attached hydrogens (tertiary/aromatic N) is 2. The number of aromatic nitrogens is 1.